The smallest absolute Gasteiger partial charge is 0.272 e. The Bertz CT molecular complexity index is 1310. The van der Waals surface area contributed by atoms with Gasteiger partial charge in [0.2, 0.25) is 5.95 Å². The molecule has 2 aromatic heterocycles. The topological polar surface area (TPSA) is 68.1 Å². The highest BCUT2D eigenvalue weighted by Gasteiger charge is 2.59. The summed E-state index contributed by atoms with van der Waals surface area (Å²) in [5, 5.41) is 7.98. The number of nitrogens with one attached hydrogen (secondary N) is 1. The highest BCUT2D eigenvalue weighted by Crippen LogP contribution is 2.53. The molecule has 0 spiro atoms. The zero-order chi connectivity index (χ0) is 25.2. The van der Waals surface area contributed by atoms with E-state index in [0.717, 1.165) is 4.68 Å². The summed E-state index contributed by atoms with van der Waals surface area (Å²) in [7, 11) is 0. The van der Waals surface area contributed by atoms with Crippen molar-refractivity contribution in [3.8, 4) is 0 Å². The number of anilines is 2. The van der Waals surface area contributed by atoms with Crippen molar-refractivity contribution in [3.05, 3.63) is 40.3 Å². The first-order chi connectivity index (χ1) is 17.2. The molecule has 6 rings (SSSR count). The van der Waals surface area contributed by atoms with Crippen LogP contribution in [0.4, 0.5) is 29.2 Å². The van der Waals surface area contributed by atoms with Crippen molar-refractivity contribution in [1.29, 1.82) is 0 Å². The van der Waals surface area contributed by atoms with E-state index in [2.05, 4.69) is 20.4 Å². The van der Waals surface area contributed by atoms with Gasteiger partial charge in [0.1, 0.15) is 18.4 Å². The Kier molecular flexibility index (Phi) is 6.01. The molecule has 3 aromatic rings. The number of aromatic nitrogens is 4. The van der Waals surface area contributed by atoms with Gasteiger partial charge in [0.05, 0.1) is 36.7 Å². The number of likely N-dealkylation sites (tertiary alicyclic amines) is 1. The van der Waals surface area contributed by atoms with Crippen molar-refractivity contribution in [3.63, 3.8) is 0 Å². The van der Waals surface area contributed by atoms with Crippen LogP contribution in [-0.4, -0.2) is 75.3 Å². The zero-order valence-corrected chi connectivity index (χ0v) is 20.4. The Morgan fingerprint density at radius 1 is 1.11 bits per heavy atom. The lowest BCUT2D eigenvalue weighted by Gasteiger charge is -2.38. The predicted octanol–water partition coefficient (Wildman–Crippen LogP) is 5.32. The van der Waals surface area contributed by atoms with Gasteiger partial charge in [0.25, 0.3) is 5.92 Å². The third-order valence-electron chi connectivity index (χ3n) is 7.19. The minimum atomic E-state index is -2.81. The number of hydrogen-bond acceptors (Lipinski definition) is 6. The molecule has 0 bridgehead atoms. The normalized spacial score (nSPS) is 30.1. The average molecular weight is 545 g/mol. The molecule has 5 atom stereocenters. The molecule has 1 aliphatic carbocycles. The number of rotatable bonds is 5. The van der Waals surface area contributed by atoms with Crippen LogP contribution in [0.3, 0.4) is 0 Å². The molecule has 13 heteroatoms. The molecule has 1 saturated carbocycles. The van der Waals surface area contributed by atoms with Crippen molar-refractivity contribution in [1.82, 2.24) is 24.6 Å². The highest BCUT2D eigenvalue weighted by atomic mass is 35.5. The Hall–Kier alpha value is -2.21. The lowest BCUT2D eigenvalue weighted by atomic mass is 9.86. The summed E-state index contributed by atoms with van der Waals surface area (Å²) in [6.07, 6.45) is 0.738. The van der Waals surface area contributed by atoms with Crippen LogP contribution in [0.15, 0.2) is 24.5 Å². The molecule has 1 unspecified atom stereocenters. The van der Waals surface area contributed by atoms with E-state index in [1.54, 1.807) is 18.3 Å². The summed E-state index contributed by atoms with van der Waals surface area (Å²) >= 11 is 12.8. The number of nitrogens with zero attached hydrogens (tertiary/aromatic N) is 5. The Balaban J connectivity index is 1.22. The number of piperidine rings is 1. The van der Waals surface area contributed by atoms with E-state index in [0.29, 0.717) is 40.1 Å². The van der Waals surface area contributed by atoms with Gasteiger partial charge in [-0.15, -0.1) is 0 Å². The van der Waals surface area contributed by atoms with Crippen molar-refractivity contribution >= 4 is 45.7 Å². The standard InChI is InChI=1S/C23H22Cl2F4N6O/c24-14-3-11-6-30-22(33-18-7-31-35(21(18)25)20-5-23(20,28)29)32-17(11)4-13(14)12-1-2-34(8-15(12)26)19-10-36-9-16(19)27/h3-4,6-7,12,15-16,19-20H,1-2,5,8-10H2,(H,30,32,33)/t12-,15+,16-,19-,20?/m1/s1. The Labute approximate surface area is 213 Å². The van der Waals surface area contributed by atoms with E-state index in [1.165, 1.54) is 6.20 Å². The van der Waals surface area contributed by atoms with Gasteiger partial charge >= 0.3 is 0 Å². The van der Waals surface area contributed by atoms with Crippen LogP contribution in [0, 0.1) is 0 Å². The summed E-state index contributed by atoms with van der Waals surface area (Å²) in [6.45, 7) is 0.959. The lowest BCUT2D eigenvalue weighted by Crippen LogP contribution is -2.49. The van der Waals surface area contributed by atoms with E-state index >= 15 is 4.39 Å². The summed E-state index contributed by atoms with van der Waals surface area (Å²) in [5.41, 5.74) is 1.46. The van der Waals surface area contributed by atoms with Gasteiger partial charge in [-0.3, -0.25) is 4.90 Å². The number of ether oxygens (including phenoxy) is 1. The van der Waals surface area contributed by atoms with Crippen LogP contribution >= 0.6 is 23.2 Å². The molecule has 192 valence electrons. The Morgan fingerprint density at radius 2 is 1.92 bits per heavy atom. The maximum Gasteiger partial charge on any atom is 0.272 e. The van der Waals surface area contributed by atoms with Gasteiger partial charge in [-0.1, -0.05) is 23.2 Å². The van der Waals surface area contributed by atoms with E-state index in [-0.39, 0.29) is 37.3 Å². The van der Waals surface area contributed by atoms with Crippen LogP contribution in [0.2, 0.25) is 10.2 Å². The van der Waals surface area contributed by atoms with Crippen LogP contribution in [0.5, 0.6) is 0 Å². The fraction of sp³-hybridized carbons (Fsp3) is 0.522. The van der Waals surface area contributed by atoms with Gasteiger partial charge in [-0.05, 0) is 30.7 Å². The predicted molar refractivity (Wildman–Crippen MR) is 127 cm³/mol. The molecule has 2 aliphatic heterocycles. The number of alkyl halides is 4. The van der Waals surface area contributed by atoms with E-state index in [9.17, 15) is 13.2 Å². The second-order valence-corrected chi connectivity index (χ2v) is 10.3. The maximum absolute atomic E-state index is 15.3. The minimum Gasteiger partial charge on any atom is -0.377 e. The van der Waals surface area contributed by atoms with Crippen LogP contribution in [0.25, 0.3) is 10.9 Å². The number of halogens is 6. The quantitative estimate of drug-likeness (QED) is 0.438. The first-order valence-electron chi connectivity index (χ1n) is 11.7. The molecule has 1 aromatic carbocycles. The first kappa shape index (κ1) is 24.1. The van der Waals surface area contributed by atoms with Gasteiger partial charge in [0, 0.05) is 35.5 Å². The second-order valence-electron chi connectivity index (χ2n) is 9.55. The molecule has 4 heterocycles. The van der Waals surface area contributed by atoms with E-state index in [1.807, 2.05) is 4.90 Å². The minimum absolute atomic E-state index is 0.0351. The van der Waals surface area contributed by atoms with Gasteiger partial charge < -0.3 is 10.1 Å². The van der Waals surface area contributed by atoms with Crippen molar-refractivity contribution in [2.45, 2.75) is 49.1 Å². The molecule has 3 fully saturated rings. The molecule has 1 N–H and O–H groups in total. The summed E-state index contributed by atoms with van der Waals surface area (Å²) in [4.78, 5) is 10.6. The molecule has 36 heavy (non-hydrogen) atoms. The summed E-state index contributed by atoms with van der Waals surface area (Å²) < 4.78 is 62.5. The monoisotopic (exact) mass is 544 g/mol. The second kappa shape index (κ2) is 8.97. The fourth-order valence-corrected chi connectivity index (χ4v) is 5.65. The summed E-state index contributed by atoms with van der Waals surface area (Å²) in [5.74, 6) is -3.09. The van der Waals surface area contributed by atoms with Crippen LogP contribution < -0.4 is 5.32 Å². The number of benzene rings is 1. The number of fused-ring (bicyclic) bond motifs is 1. The molecular formula is C23H22Cl2F4N6O. The van der Waals surface area contributed by atoms with E-state index in [4.69, 9.17) is 27.9 Å². The first-order valence-corrected chi connectivity index (χ1v) is 12.4. The molecule has 2 saturated heterocycles. The van der Waals surface area contributed by atoms with Gasteiger partial charge in [-0.2, -0.15) is 5.10 Å². The fourth-order valence-electron chi connectivity index (χ4n) is 5.08. The lowest BCUT2D eigenvalue weighted by molar-refractivity contribution is 0.0582. The summed E-state index contributed by atoms with van der Waals surface area (Å²) in [6, 6.07) is 1.96. The van der Waals surface area contributed by atoms with E-state index < -0.39 is 36.3 Å². The highest BCUT2D eigenvalue weighted by molar-refractivity contribution is 6.32. The van der Waals surface area contributed by atoms with Crippen LogP contribution in [0.1, 0.15) is 30.4 Å². The third kappa shape index (κ3) is 4.29. The average Bonchev–Trinajstić information content (AvgIpc) is 3.12. The molecule has 7 nitrogen and oxygen atoms in total. The maximum atomic E-state index is 15.3. The van der Waals surface area contributed by atoms with Crippen molar-refractivity contribution in [2.24, 2.45) is 0 Å². The van der Waals surface area contributed by atoms with Crippen molar-refractivity contribution in [2.75, 3.05) is 31.6 Å². The third-order valence-corrected chi connectivity index (χ3v) is 7.90. The molecule has 0 radical (unpaired) electrons. The zero-order valence-electron chi connectivity index (χ0n) is 18.9. The molecular weight excluding hydrogens is 523 g/mol. The van der Waals surface area contributed by atoms with Crippen LogP contribution in [-0.2, 0) is 4.74 Å². The molecule has 3 aliphatic rings. The number of hydrogen-bond donors (Lipinski definition) is 1. The SMILES string of the molecule is F[C@@H]1COC[C@H]1N1CC[C@H](c2cc3nc(Nc4cnn(C5CC5(F)F)c4Cl)ncc3cc2Cl)[C@@H](F)C1. The Morgan fingerprint density at radius 3 is 2.61 bits per heavy atom. The van der Waals surface area contributed by atoms with Crippen molar-refractivity contribution < 1.29 is 22.3 Å². The van der Waals surface area contributed by atoms with Gasteiger partial charge in [-0.25, -0.2) is 32.2 Å². The largest absolute Gasteiger partial charge is 0.377 e. The van der Waals surface area contributed by atoms with Gasteiger partial charge in [0.15, 0.2) is 5.15 Å². The molecule has 0 amide bonds.